The second kappa shape index (κ2) is 7.87. The van der Waals surface area contributed by atoms with E-state index >= 15 is 0 Å². The lowest BCUT2D eigenvalue weighted by molar-refractivity contribution is -0.384. The number of hydrogen-bond acceptors (Lipinski definition) is 4. The summed E-state index contributed by atoms with van der Waals surface area (Å²) < 4.78 is 39.0. The zero-order chi connectivity index (χ0) is 19.2. The van der Waals surface area contributed by atoms with Crippen LogP contribution in [0.15, 0.2) is 42.5 Å². The molecule has 2 aromatic rings. The highest BCUT2D eigenvalue weighted by Gasteiger charge is 2.29. The minimum atomic E-state index is -6.00. The molecule has 0 amide bonds. The molecule has 0 aromatic heterocycles. The normalized spacial score (nSPS) is 10.2. The highest BCUT2D eigenvalue weighted by atomic mass is 19.5. The summed E-state index contributed by atoms with van der Waals surface area (Å²) in [5.41, 5.74) is -0.372. The highest BCUT2D eigenvalue weighted by Crippen LogP contribution is 2.39. The van der Waals surface area contributed by atoms with Crippen molar-refractivity contribution in [3.8, 4) is 11.1 Å². The molecule has 0 atom stereocenters. The lowest BCUT2D eigenvalue weighted by Crippen LogP contribution is -2.02. The van der Waals surface area contributed by atoms with Crippen molar-refractivity contribution in [3.63, 3.8) is 0 Å². The van der Waals surface area contributed by atoms with Crippen molar-refractivity contribution in [3.05, 3.63) is 63.1 Å². The molecule has 0 aliphatic rings. The van der Waals surface area contributed by atoms with E-state index in [0.29, 0.717) is 5.56 Å². The largest absolute Gasteiger partial charge is 0.673 e. The second-order valence-corrected chi connectivity index (χ2v) is 4.41. The van der Waals surface area contributed by atoms with Crippen molar-refractivity contribution < 1.29 is 32.1 Å². The Morgan fingerprint density at radius 2 is 1.68 bits per heavy atom. The summed E-state index contributed by atoms with van der Waals surface area (Å²) in [6, 6.07) is 10.3. The number of diazo groups is 1. The third-order valence-electron chi connectivity index (χ3n) is 2.71. The minimum absolute atomic E-state index is 0.0723. The van der Waals surface area contributed by atoms with Crippen molar-refractivity contribution in [1.29, 1.82) is 5.39 Å². The Labute approximate surface area is 137 Å². The number of carboxylic acid groups (broad SMARTS) is 1. The topological polar surface area (TPSA) is 109 Å². The van der Waals surface area contributed by atoms with E-state index in [1.807, 2.05) is 0 Å². The Balaban J connectivity index is 0.000000550. The number of carboxylic acids is 1. The zero-order valence-corrected chi connectivity index (χ0v) is 12.1. The van der Waals surface area contributed by atoms with Gasteiger partial charge >= 0.3 is 18.9 Å². The molecule has 2 aromatic carbocycles. The van der Waals surface area contributed by atoms with Crippen molar-refractivity contribution in [2.24, 2.45) is 0 Å². The minimum Gasteiger partial charge on any atom is -0.478 e. The third kappa shape index (κ3) is 5.90. The first-order valence-electron chi connectivity index (χ1n) is 6.38. The Hall–Kier alpha value is -3.49. The fourth-order valence-corrected chi connectivity index (χ4v) is 1.86. The average molecular weight is 357 g/mol. The fraction of sp³-hybridized carbons (Fsp3) is 0. The van der Waals surface area contributed by atoms with Gasteiger partial charge in [-0.2, -0.15) is 0 Å². The Bertz CT molecular complexity index is 832. The van der Waals surface area contributed by atoms with Crippen LogP contribution < -0.4 is 0 Å². The van der Waals surface area contributed by atoms with Crippen LogP contribution in [0.3, 0.4) is 0 Å². The summed E-state index contributed by atoms with van der Waals surface area (Å²) in [6.07, 6.45) is 0. The van der Waals surface area contributed by atoms with Crippen LogP contribution in [-0.2, 0) is 0 Å². The van der Waals surface area contributed by atoms with E-state index in [1.165, 1.54) is 0 Å². The van der Waals surface area contributed by atoms with E-state index in [1.54, 1.807) is 30.3 Å². The molecule has 25 heavy (non-hydrogen) atoms. The van der Waals surface area contributed by atoms with Gasteiger partial charge in [-0.1, -0.05) is 30.3 Å². The van der Waals surface area contributed by atoms with E-state index in [9.17, 15) is 32.2 Å². The van der Waals surface area contributed by atoms with E-state index in [0.717, 1.165) is 12.1 Å². The first-order valence-corrected chi connectivity index (χ1v) is 6.38. The molecule has 2 rings (SSSR count). The molecule has 0 radical (unpaired) electrons. The van der Waals surface area contributed by atoms with Crippen LogP contribution in [0.4, 0.5) is 28.6 Å². The lowest BCUT2D eigenvalue weighted by Gasteiger charge is -2.02. The van der Waals surface area contributed by atoms with Gasteiger partial charge in [-0.15, -0.1) is 0 Å². The molecule has 1 N–H and O–H groups in total. The van der Waals surface area contributed by atoms with Gasteiger partial charge in [0.1, 0.15) is 0 Å². The smallest absolute Gasteiger partial charge is 0.478 e. The molecule has 0 fully saturated rings. The molecule has 0 saturated heterocycles. The monoisotopic (exact) mass is 357 g/mol. The summed E-state index contributed by atoms with van der Waals surface area (Å²) in [7, 11) is -6.00. The van der Waals surface area contributed by atoms with Crippen LogP contribution in [0.2, 0.25) is 0 Å². The fourth-order valence-electron chi connectivity index (χ4n) is 1.86. The van der Waals surface area contributed by atoms with Crippen LogP contribution in [-0.4, -0.2) is 23.3 Å². The summed E-state index contributed by atoms with van der Waals surface area (Å²) >= 11 is 0. The predicted molar refractivity (Wildman–Crippen MR) is 80.4 cm³/mol. The SMILES string of the molecule is F[B-](F)(F)F.N#[N+]c1cc(C(=O)O)cc([N+](=O)[O-])c1-c1ccccc1. The van der Waals surface area contributed by atoms with Gasteiger partial charge in [0.2, 0.25) is 5.39 Å². The van der Waals surface area contributed by atoms with E-state index in [-0.39, 0.29) is 16.8 Å². The number of nitrogens with zero attached hydrogens (tertiary/aromatic N) is 3. The first kappa shape index (κ1) is 19.6. The van der Waals surface area contributed by atoms with Gasteiger partial charge in [0, 0.05) is 12.1 Å². The van der Waals surface area contributed by atoms with Gasteiger partial charge in [0.15, 0.2) is 10.5 Å². The molecule has 12 heteroatoms. The molecule has 0 aliphatic heterocycles. The van der Waals surface area contributed by atoms with Gasteiger partial charge in [0.25, 0.3) is 5.69 Å². The lowest BCUT2D eigenvalue weighted by atomic mass is 9.99. The van der Waals surface area contributed by atoms with Crippen molar-refractivity contribution >= 4 is 24.6 Å². The standard InChI is InChI=1S/C13H7N3O4.BF4/c14-15-10-6-9(13(17)18)7-11(16(19)20)12(10)8-4-2-1-3-5-8;2-1(3,4)5/h1-7H;/q;-1/p+1. The molecule has 0 spiro atoms. The average Bonchev–Trinajstić information content (AvgIpc) is 2.52. The van der Waals surface area contributed by atoms with Gasteiger partial charge in [-0.25, -0.2) is 4.79 Å². The summed E-state index contributed by atoms with van der Waals surface area (Å²) in [5, 5.41) is 29.1. The number of rotatable bonds is 3. The molecule has 0 aliphatic carbocycles. The van der Waals surface area contributed by atoms with E-state index in [2.05, 4.69) is 4.98 Å². The molecule has 0 bridgehead atoms. The van der Waals surface area contributed by atoms with Crippen LogP contribution in [0.5, 0.6) is 0 Å². The van der Waals surface area contributed by atoms with Crippen LogP contribution >= 0.6 is 0 Å². The van der Waals surface area contributed by atoms with Crippen molar-refractivity contribution in [2.45, 2.75) is 0 Å². The summed E-state index contributed by atoms with van der Waals surface area (Å²) in [5.74, 6) is -1.34. The number of benzene rings is 2. The molecule has 0 saturated carbocycles. The first-order chi connectivity index (χ1) is 11.5. The number of nitro benzene ring substituents is 1. The number of carbonyl (C=O) groups is 1. The van der Waals surface area contributed by atoms with Crippen molar-refractivity contribution in [1.82, 2.24) is 0 Å². The van der Waals surface area contributed by atoms with Gasteiger partial charge < -0.3 is 22.4 Å². The quantitative estimate of drug-likeness (QED) is 0.280. The summed E-state index contributed by atoms with van der Waals surface area (Å²) in [4.78, 5) is 24.3. The van der Waals surface area contributed by atoms with Crippen LogP contribution in [0.25, 0.3) is 16.1 Å². The maximum Gasteiger partial charge on any atom is 0.673 e. The van der Waals surface area contributed by atoms with Gasteiger partial charge in [-0.05, 0) is 5.56 Å². The zero-order valence-electron chi connectivity index (χ0n) is 12.1. The molecular weight excluding hydrogens is 349 g/mol. The predicted octanol–water partition coefficient (Wildman–Crippen LogP) is 4.74. The van der Waals surface area contributed by atoms with E-state index in [4.69, 9.17) is 10.5 Å². The Morgan fingerprint density at radius 3 is 2.08 bits per heavy atom. The third-order valence-corrected chi connectivity index (χ3v) is 2.71. The second-order valence-electron chi connectivity index (χ2n) is 4.41. The molecule has 130 valence electrons. The van der Waals surface area contributed by atoms with Crippen LogP contribution in [0, 0.1) is 15.5 Å². The number of nitro groups is 1. The van der Waals surface area contributed by atoms with Crippen molar-refractivity contribution in [2.75, 3.05) is 0 Å². The maximum absolute atomic E-state index is 11.1. The maximum atomic E-state index is 11.1. The molecular formula is C13H8BF4N3O4. The molecule has 0 unspecified atom stereocenters. The highest BCUT2D eigenvalue weighted by molar-refractivity contribution is 6.50. The summed E-state index contributed by atoms with van der Waals surface area (Å²) in [6.45, 7) is 0. The number of halogens is 4. The van der Waals surface area contributed by atoms with Gasteiger partial charge in [0.05, 0.1) is 10.5 Å². The Morgan fingerprint density at radius 1 is 1.16 bits per heavy atom. The van der Waals surface area contributed by atoms with E-state index < -0.39 is 23.8 Å². The number of hydrogen-bond donors (Lipinski definition) is 1. The Kier molecular flexibility index (Phi) is 6.16. The molecule has 0 heterocycles. The molecule has 7 nitrogen and oxygen atoms in total. The van der Waals surface area contributed by atoms with Gasteiger partial charge in [-0.3, -0.25) is 10.1 Å². The van der Waals surface area contributed by atoms with Crippen LogP contribution in [0.1, 0.15) is 10.4 Å². The number of aromatic carboxylic acids is 1.